The number of hydrogen-bond acceptors (Lipinski definition) is 3. The predicted molar refractivity (Wildman–Crippen MR) is 73.5 cm³/mol. The summed E-state index contributed by atoms with van der Waals surface area (Å²) in [6.07, 6.45) is 5.00. The lowest BCUT2D eigenvalue weighted by molar-refractivity contribution is 0.0568. The molecule has 1 aliphatic rings. The van der Waals surface area contributed by atoms with Crippen LogP contribution in [0, 0.1) is 12.3 Å². The van der Waals surface area contributed by atoms with E-state index in [0.717, 1.165) is 0 Å². The number of rotatable bonds is 0. The fourth-order valence-corrected chi connectivity index (χ4v) is 1.81. The second-order valence-corrected chi connectivity index (χ2v) is 5.31. The Morgan fingerprint density at radius 1 is 1.47 bits per heavy atom. The SMILES string of the molecule is C#Cc1ccc2c(c1)N(C(=O)OC(C)(C)C)CCO2. The van der Waals surface area contributed by atoms with Crippen molar-refractivity contribution in [3.8, 4) is 18.1 Å². The maximum Gasteiger partial charge on any atom is 0.415 e. The average molecular weight is 259 g/mol. The van der Waals surface area contributed by atoms with Gasteiger partial charge in [-0.05, 0) is 39.0 Å². The number of ether oxygens (including phenoxy) is 2. The molecule has 0 radical (unpaired) electrons. The molecule has 1 aromatic rings. The largest absolute Gasteiger partial charge is 0.490 e. The molecule has 0 aromatic heterocycles. The van der Waals surface area contributed by atoms with Crippen molar-refractivity contribution in [1.29, 1.82) is 0 Å². The van der Waals surface area contributed by atoms with Crippen molar-refractivity contribution in [3.63, 3.8) is 0 Å². The fraction of sp³-hybridized carbons (Fsp3) is 0.400. The van der Waals surface area contributed by atoms with Crippen LogP contribution in [0.3, 0.4) is 0 Å². The number of anilines is 1. The van der Waals surface area contributed by atoms with Gasteiger partial charge in [-0.3, -0.25) is 4.90 Å². The normalized spacial score (nSPS) is 14.1. The second kappa shape index (κ2) is 4.85. The van der Waals surface area contributed by atoms with Crippen LogP contribution in [0.4, 0.5) is 10.5 Å². The summed E-state index contributed by atoms with van der Waals surface area (Å²) in [5.41, 5.74) is 0.841. The van der Waals surface area contributed by atoms with Crippen LogP contribution in [0.1, 0.15) is 26.3 Å². The van der Waals surface area contributed by atoms with Crippen LogP contribution < -0.4 is 9.64 Å². The second-order valence-electron chi connectivity index (χ2n) is 5.31. The van der Waals surface area contributed by atoms with E-state index in [0.29, 0.717) is 30.2 Å². The van der Waals surface area contributed by atoms with Gasteiger partial charge in [0.1, 0.15) is 18.0 Å². The number of nitrogens with zero attached hydrogens (tertiary/aromatic N) is 1. The Hall–Kier alpha value is -2.15. The van der Waals surface area contributed by atoms with E-state index in [-0.39, 0.29) is 6.09 Å². The molecule has 1 amide bonds. The number of amides is 1. The van der Waals surface area contributed by atoms with Gasteiger partial charge < -0.3 is 9.47 Å². The third kappa shape index (κ3) is 3.00. The summed E-state index contributed by atoms with van der Waals surface area (Å²) < 4.78 is 10.9. The molecule has 1 aromatic carbocycles. The zero-order valence-electron chi connectivity index (χ0n) is 11.4. The Morgan fingerprint density at radius 3 is 2.84 bits per heavy atom. The van der Waals surface area contributed by atoms with E-state index in [2.05, 4.69) is 5.92 Å². The van der Waals surface area contributed by atoms with E-state index in [4.69, 9.17) is 15.9 Å². The quantitative estimate of drug-likeness (QED) is 0.672. The van der Waals surface area contributed by atoms with Gasteiger partial charge in [-0.25, -0.2) is 4.79 Å². The molecule has 0 saturated carbocycles. The van der Waals surface area contributed by atoms with E-state index in [9.17, 15) is 4.79 Å². The summed E-state index contributed by atoms with van der Waals surface area (Å²) in [6.45, 7) is 6.41. The van der Waals surface area contributed by atoms with Crippen LogP contribution in [-0.2, 0) is 4.74 Å². The Bertz CT molecular complexity index is 537. The summed E-state index contributed by atoms with van der Waals surface area (Å²) in [4.78, 5) is 13.7. The molecule has 4 nitrogen and oxygen atoms in total. The van der Waals surface area contributed by atoms with Crippen LogP contribution in [0.2, 0.25) is 0 Å². The van der Waals surface area contributed by atoms with E-state index in [1.165, 1.54) is 0 Å². The van der Waals surface area contributed by atoms with Crippen LogP contribution in [0.5, 0.6) is 5.75 Å². The molecule has 100 valence electrons. The molecule has 0 fully saturated rings. The molecule has 0 bridgehead atoms. The fourth-order valence-electron chi connectivity index (χ4n) is 1.81. The number of terminal acetylenes is 1. The van der Waals surface area contributed by atoms with Crippen molar-refractivity contribution in [2.75, 3.05) is 18.1 Å². The maximum atomic E-state index is 12.2. The molecular weight excluding hydrogens is 242 g/mol. The Labute approximate surface area is 113 Å². The monoisotopic (exact) mass is 259 g/mol. The van der Waals surface area contributed by atoms with Crippen LogP contribution in [-0.4, -0.2) is 24.8 Å². The van der Waals surface area contributed by atoms with E-state index < -0.39 is 5.60 Å². The van der Waals surface area contributed by atoms with Gasteiger partial charge in [0.15, 0.2) is 0 Å². The van der Waals surface area contributed by atoms with Crippen LogP contribution in [0.15, 0.2) is 18.2 Å². The third-order valence-electron chi connectivity index (χ3n) is 2.60. The van der Waals surface area contributed by atoms with Crippen LogP contribution in [0.25, 0.3) is 0 Å². The number of fused-ring (bicyclic) bond motifs is 1. The molecule has 1 aliphatic heterocycles. The molecule has 0 spiro atoms. The van der Waals surface area contributed by atoms with Gasteiger partial charge in [-0.15, -0.1) is 6.42 Å². The molecule has 2 rings (SSSR count). The van der Waals surface area contributed by atoms with Crippen molar-refractivity contribution >= 4 is 11.8 Å². The average Bonchev–Trinajstić information content (AvgIpc) is 2.35. The first kappa shape index (κ1) is 13.3. The van der Waals surface area contributed by atoms with E-state index in [1.54, 1.807) is 23.1 Å². The molecule has 0 N–H and O–H groups in total. The zero-order chi connectivity index (χ0) is 14.0. The third-order valence-corrected chi connectivity index (χ3v) is 2.60. The topological polar surface area (TPSA) is 38.8 Å². The van der Waals surface area contributed by atoms with E-state index in [1.807, 2.05) is 20.8 Å². The van der Waals surface area contributed by atoms with Gasteiger partial charge >= 0.3 is 6.09 Å². The molecule has 0 aliphatic carbocycles. The summed E-state index contributed by atoms with van der Waals surface area (Å²) >= 11 is 0. The van der Waals surface area contributed by atoms with Gasteiger partial charge in [0.25, 0.3) is 0 Å². The first-order valence-corrected chi connectivity index (χ1v) is 6.15. The smallest absolute Gasteiger partial charge is 0.415 e. The first-order chi connectivity index (χ1) is 8.90. The number of hydrogen-bond donors (Lipinski definition) is 0. The van der Waals surface area contributed by atoms with Gasteiger partial charge in [-0.2, -0.15) is 0 Å². The lowest BCUT2D eigenvalue weighted by Crippen LogP contribution is -2.41. The predicted octanol–water partition coefficient (Wildman–Crippen LogP) is 2.80. The van der Waals surface area contributed by atoms with Crippen molar-refractivity contribution in [2.24, 2.45) is 0 Å². The zero-order valence-corrected chi connectivity index (χ0v) is 11.4. The Morgan fingerprint density at radius 2 is 2.21 bits per heavy atom. The Kier molecular flexibility index (Phi) is 3.39. The molecule has 0 unspecified atom stereocenters. The van der Waals surface area contributed by atoms with E-state index >= 15 is 0 Å². The molecule has 0 saturated heterocycles. The minimum atomic E-state index is -0.528. The molecule has 0 atom stereocenters. The van der Waals surface area contributed by atoms with Crippen molar-refractivity contribution in [2.45, 2.75) is 26.4 Å². The van der Waals surface area contributed by atoms with Crippen molar-refractivity contribution < 1.29 is 14.3 Å². The summed E-state index contributed by atoms with van der Waals surface area (Å²) in [5, 5.41) is 0. The van der Waals surface area contributed by atoms with Gasteiger partial charge in [0.2, 0.25) is 0 Å². The molecule has 1 heterocycles. The van der Waals surface area contributed by atoms with Gasteiger partial charge in [-0.1, -0.05) is 5.92 Å². The molecule has 19 heavy (non-hydrogen) atoms. The lowest BCUT2D eigenvalue weighted by atomic mass is 10.1. The molecular formula is C15H17NO3. The highest BCUT2D eigenvalue weighted by atomic mass is 16.6. The molecule has 4 heteroatoms. The lowest BCUT2D eigenvalue weighted by Gasteiger charge is -2.31. The maximum absolute atomic E-state index is 12.2. The highest BCUT2D eigenvalue weighted by Gasteiger charge is 2.28. The summed E-state index contributed by atoms with van der Waals surface area (Å²) in [6, 6.07) is 5.33. The standard InChI is InChI=1S/C15H17NO3/c1-5-11-6-7-13-12(10-11)16(8-9-18-13)14(17)19-15(2,3)4/h1,6-7,10H,8-9H2,2-4H3. The Balaban J connectivity index is 2.31. The van der Waals surface area contributed by atoms with Crippen molar-refractivity contribution in [3.05, 3.63) is 23.8 Å². The number of carbonyl (C=O) groups is 1. The number of benzene rings is 1. The van der Waals surface area contributed by atoms with Gasteiger partial charge in [0, 0.05) is 5.56 Å². The summed E-state index contributed by atoms with van der Waals surface area (Å²) in [5.74, 6) is 3.20. The highest BCUT2D eigenvalue weighted by molar-refractivity contribution is 5.90. The number of carbonyl (C=O) groups excluding carboxylic acids is 1. The van der Waals surface area contributed by atoms with Crippen LogP contribution >= 0.6 is 0 Å². The minimum Gasteiger partial charge on any atom is -0.490 e. The minimum absolute atomic E-state index is 0.383. The van der Waals surface area contributed by atoms with Crippen molar-refractivity contribution in [1.82, 2.24) is 0 Å². The van der Waals surface area contributed by atoms with Gasteiger partial charge in [0.05, 0.1) is 12.2 Å². The first-order valence-electron chi connectivity index (χ1n) is 6.15. The summed E-state index contributed by atoms with van der Waals surface area (Å²) in [7, 11) is 0. The highest BCUT2D eigenvalue weighted by Crippen LogP contribution is 2.33.